The van der Waals surface area contributed by atoms with E-state index in [9.17, 15) is 8.42 Å². The summed E-state index contributed by atoms with van der Waals surface area (Å²) in [5.41, 5.74) is 10.6. The van der Waals surface area contributed by atoms with Crippen LogP contribution in [0.15, 0.2) is 156 Å². The van der Waals surface area contributed by atoms with E-state index in [4.69, 9.17) is 9.72 Å². The number of hydrogen-bond acceptors (Lipinski definition) is 4. The van der Waals surface area contributed by atoms with Gasteiger partial charge < -0.3 is 9.30 Å². The number of sulfone groups is 1. The van der Waals surface area contributed by atoms with E-state index in [1.807, 2.05) is 24.3 Å². The predicted octanol–water partition coefficient (Wildman–Crippen LogP) is 10.1. The van der Waals surface area contributed by atoms with Crippen LogP contribution in [0, 0.1) is 0 Å². The number of fused-ring (bicyclic) bond motifs is 13. The SMILES string of the molecule is O=S1(=O)c2ccccc2Oc2cc3c(cc21)-c1ccccc1-c1c(cccc1-n1c2ccccc2c2ccccc21)-c1cccnc1-3. The highest BCUT2D eigenvalue weighted by molar-refractivity contribution is 7.91. The van der Waals surface area contributed by atoms with E-state index in [1.165, 1.54) is 10.8 Å². The highest BCUT2D eigenvalue weighted by Crippen LogP contribution is 2.53. The average Bonchev–Trinajstić information content (AvgIpc) is 3.45. The third-order valence-electron chi connectivity index (χ3n) is 9.44. The number of aromatic nitrogens is 2. The Hall–Kier alpha value is -5.98. The third-order valence-corrected chi connectivity index (χ3v) is 11.2. The Bertz CT molecular complexity index is 2690. The Morgan fingerprint density at radius 1 is 0.511 bits per heavy atom. The Labute approximate surface area is 270 Å². The van der Waals surface area contributed by atoms with E-state index in [-0.39, 0.29) is 9.79 Å². The molecule has 0 unspecified atom stereocenters. The summed E-state index contributed by atoms with van der Waals surface area (Å²) in [5, 5.41) is 2.37. The maximum Gasteiger partial charge on any atom is 0.213 e. The second-order valence-corrected chi connectivity index (χ2v) is 13.8. The van der Waals surface area contributed by atoms with Gasteiger partial charge in [-0.05, 0) is 70.8 Å². The Balaban J connectivity index is 1.34. The first kappa shape index (κ1) is 26.3. The molecule has 0 atom stereocenters. The van der Waals surface area contributed by atoms with Crippen molar-refractivity contribution in [2.75, 3.05) is 0 Å². The molecule has 6 heteroatoms. The monoisotopic (exact) mass is 624 g/mol. The zero-order valence-electron chi connectivity index (χ0n) is 24.9. The van der Waals surface area contributed by atoms with Crippen molar-refractivity contribution in [3.63, 3.8) is 0 Å². The molecule has 2 aliphatic rings. The molecule has 0 amide bonds. The van der Waals surface area contributed by atoms with Crippen molar-refractivity contribution >= 4 is 31.6 Å². The minimum Gasteiger partial charge on any atom is -0.455 e. The number of para-hydroxylation sites is 3. The standard InChI is InChI=1S/C41H24N2O3S/c44-47(45)38-21-8-7-20-36(38)46-37-23-32-31(24-39(37)47)25-11-1-2-14-28(25)40-29(30-16-10-22-42-41(30)32)15-9-19-35(40)43-33-17-5-3-12-26(33)27-13-4-6-18-34(27)43/h1-24H. The number of ether oxygens (including phenoxy) is 1. The molecular formula is C41H24N2O3S. The molecule has 8 aromatic rings. The molecule has 0 bridgehead atoms. The zero-order chi connectivity index (χ0) is 31.3. The second kappa shape index (κ2) is 9.52. The first-order valence-corrected chi connectivity index (χ1v) is 16.9. The van der Waals surface area contributed by atoms with E-state index >= 15 is 0 Å². The maximum atomic E-state index is 14.1. The van der Waals surface area contributed by atoms with Crippen LogP contribution in [0.4, 0.5) is 0 Å². The minimum absolute atomic E-state index is 0.152. The minimum atomic E-state index is -3.84. The summed E-state index contributed by atoms with van der Waals surface area (Å²) in [7, 11) is -3.84. The van der Waals surface area contributed by atoms with Crippen molar-refractivity contribution in [1.29, 1.82) is 0 Å². The molecule has 222 valence electrons. The molecule has 1 aliphatic carbocycles. The number of rotatable bonds is 1. The number of hydrogen-bond donors (Lipinski definition) is 0. The van der Waals surface area contributed by atoms with E-state index in [0.29, 0.717) is 11.5 Å². The lowest BCUT2D eigenvalue weighted by atomic mass is 9.82. The second-order valence-electron chi connectivity index (χ2n) is 11.9. The highest BCUT2D eigenvalue weighted by Gasteiger charge is 2.34. The normalized spacial score (nSPS) is 13.6. The first-order chi connectivity index (χ1) is 23.1. The van der Waals surface area contributed by atoms with Crippen molar-refractivity contribution < 1.29 is 13.2 Å². The Morgan fingerprint density at radius 2 is 1.17 bits per heavy atom. The third kappa shape index (κ3) is 3.59. The van der Waals surface area contributed by atoms with Crippen LogP contribution in [-0.4, -0.2) is 18.0 Å². The zero-order valence-corrected chi connectivity index (χ0v) is 25.7. The molecular weight excluding hydrogens is 601 g/mol. The lowest BCUT2D eigenvalue weighted by Gasteiger charge is -2.27. The summed E-state index contributed by atoms with van der Waals surface area (Å²) in [6.07, 6.45) is 1.79. The van der Waals surface area contributed by atoms with E-state index < -0.39 is 9.84 Å². The molecule has 2 aromatic heterocycles. The van der Waals surface area contributed by atoms with Gasteiger partial charge in [-0.1, -0.05) is 91.0 Å². The Morgan fingerprint density at radius 3 is 1.98 bits per heavy atom. The lowest BCUT2D eigenvalue weighted by Crippen LogP contribution is -2.12. The molecule has 0 spiro atoms. The molecule has 0 fully saturated rings. The molecule has 6 aromatic carbocycles. The summed E-state index contributed by atoms with van der Waals surface area (Å²) < 4.78 is 36.7. The van der Waals surface area contributed by atoms with Gasteiger partial charge in [0.05, 0.1) is 22.4 Å². The molecule has 0 saturated carbocycles. The van der Waals surface area contributed by atoms with E-state index in [0.717, 1.165) is 61.4 Å². The molecule has 3 heterocycles. The van der Waals surface area contributed by atoms with Gasteiger partial charge in [-0.3, -0.25) is 4.98 Å². The van der Waals surface area contributed by atoms with Crippen LogP contribution in [-0.2, 0) is 9.84 Å². The van der Waals surface area contributed by atoms with Crippen LogP contribution >= 0.6 is 0 Å². The van der Waals surface area contributed by atoms with Crippen molar-refractivity contribution in [2.24, 2.45) is 0 Å². The summed E-state index contributed by atoms with van der Waals surface area (Å²) in [6.45, 7) is 0. The van der Waals surface area contributed by atoms with Gasteiger partial charge in [0.2, 0.25) is 9.84 Å². The maximum absolute atomic E-state index is 14.1. The molecule has 0 saturated heterocycles. The van der Waals surface area contributed by atoms with Crippen molar-refractivity contribution in [1.82, 2.24) is 9.55 Å². The largest absolute Gasteiger partial charge is 0.455 e. The van der Waals surface area contributed by atoms with Gasteiger partial charge in [0.1, 0.15) is 21.3 Å². The van der Waals surface area contributed by atoms with Crippen LogP contribution in [0.25, 0.3) is 72.1 Å². The number of pyridine rings is 1. The average molecular weight is 625 g/mol. The van der Waals surface area contributed by atoms with E-state index in [1.54, 1.807) is 36.5 Å². The predicted molar refractivity (Wildman–Crippen MR) is 186 cm³/mol. The van der Waals surface area contributed by atoms with Gasteiger partial charge in [-0.2, -0.15) is 0 Å². The molecule has 47 heavy (non-hydrogen) atoms. The van der Waals surface area contributed by atoms with Gasteiger partial charge >= 0.3 is 0 Å². The van der Waals surface area contributed by atoms with Gasteiger partial charge in [0.15, 0.2) is 0 Å². The number of benzene rings is 6. The molecule has 1 aliphatic heterocycles. The summed E-state index contributed by atoms with van der Waals surface area (Å²) >= 11 is 0. The fraction of sp³-hybridized carbons (Fsp3) is 0. The van der Waals surface area contributed by atoms with Gasteiger partial charge in [0.25, 0.3) is 0 Å². The van der Waals surface area contributed by atoms with E-state index in [2.05, 4.69) is 89.5 Å². The quantitative estimate of drug-likeness (QED) is 0.182. The van der Waals surface area contributed by atoms with Gasteiger partial charge in [-0.15, -0.1) is 0 Å². The number of nitrogens with zero attached hydrogens (tertiary/aromatic N) is 2. The topological polar surface area (TPSA) is 61.2 Å². The fourth-order valence-electron chi connectivity index (χ4n) is 7.45. The van der Waals surface area contributed by atoms with Crippen LogP contribution in [0.3, 0.4) is 0 Å². The summed E-state index contributed by atoms with van der Waals surface area (Å²) in [5.74, 6) is 0.630. The molecule has 5 nitrogen and oxygen atoms in total. The van der Waals surface area contributed by atoms with Gasteiger partial charge in [0, 0.05) is 33.7 Å². The fourth-order valence-corrected chi connectivity index (χ4v) is 8.96. The van der Waals surface area contributed by atoms with Crippen LogP contribution in [0.2, 0.25) is 0 Å². The highest BCUT2D eigenvalue weighted by atomic mass is 32.2. The van der Waals surface area contributed by atoms with Gasteiger partial charge in [-0.25, -0.2) is 8.42 Å². The summed E-state index contributed by atoms with van der Waals surface area (Å²) in [6, 6.07) is 46.2. The van der Waals surface area contributed by atoms with Crippen LogP contribution in [0.5, 0.6) is 11.5 Å². The van der Waals surface area contributed by atoms with Crippen LogP contribution in [0.1, 0.15) is 0 Å². The summed E-state index contributed by atoms with van der Waals surface area (Å²) in [4.78, 5) is 5.27. The van der Waals surface area contributed by atoms with Crippen molar-refractivity contribution in [2.45, 2.75) is 9.79 Å². The van der Waals surface area contributed by atoms with Crippen molar-refractivity contribution in [3.05, 3.63) is 146 Å². The smallest absolute Gasteiger partial charge is 0.213 e. The van der Waals surface area contributed by atoms with Crippen LogP contribution < -0.4 is 4.74 Å². The first-order valence-electron chi connectivity index (χ1n) is 15.5. The molecule has 0 N–H and O–H groups in total. The molecule has 10 rings (SSSR count). The van der Waals surface area contributed by atoms with Crippen molar-refractivity contribution in [3.8, 4) is 61.8 Å². The lowest BCUT2D eigenvalue weighted by molar-refractivity contribution is 0.443. The Kier molecular flexibility index (Phi) is 5.32. The molecule has 0 radical (unpaired) electrons.